The summed E-state index contributed by atoms with van der Waals surface area (Å²) in [6, 6.07) is 22.4. The lowest BCUT2D eigenvalue weighted by Crippen LogP contribution is -2.23. The zero-order valence-electron chi connectivity index (χ0n) is 16.1. The van der Waals surface area contributed by atoms with Gasteiger partial charge >= 0.3 is 0 Å². The van der Waals surface area contributed by atoms with E-state index < -0.39 is 5.91 Å². The number of primary amides is 1. The second-order valence-corrected chi connectivity index (χ2v) is 6.47. The van der Waals surface area contributed by atoms with Crippen LogP contribution < -0.4 is 21.1 Å². The fourth-order valence-corrected chi connectivity index (χ4v) is 2.67. The van der Waals surface area contributed by atoms with E-state index in [1.165, 1.54) is 12.1 Å². The fourth-order valence-electron chi connectivity index (χ4n) is 2.67. The number of hydrogen-bond donors (Lipinski definition) is 3. The van der Waals surface area contributed by atoms with Crippen molar-refractivity contribution in [2.24, 2.45) is 5.73 Å². The van der Waals surface area contributed by atoms with E-state index in [1.54, 1.807) is 36.4 Å². The van der Waals surface area contributed by atoms with Crippen LogP contribution in [-0.4, -0.2) is 24.3 Å². The molecule has 3 aromatic rings. The number of rotatable bonds is 8. The van der Waals surface area contributed by atoms with Gasteiger partial charge in [-0.2, -0.15) is 0 Å². The van der Waals surface area contributed by atoms with Crippen molar-refractivity contribution in [3.05, 3.63) is 95.6 Å². The standard InChI is InChI=1S/C23H21N3O4/c24-22(28)17-9-11-19(12-10-17)26-21(27)15-30-20-8-4-7-18(13-20)23(29)25-14-16-5-2-1-3-6-16/h1-13H,14-15H2,(H2,24,28)(H,25,29)(H,26,27). The van der Waals surface area contributed by atoms with Gasteiger partial charge in [0.25, 0.3) is 11.8 Å². The third-order valence-corrected chi connectivity index (χ3v) is 4.22. The first-order valence-corrected chi connectivity index (χ1v) is 9.26. The van der Waals surface area contributed by atoms with E-state index in [1.807, 2.05) is 30.3 Å². The van der Waals surface area contributed by atoms with Gasteiger partial charge in [0.1, 0.15) is 5.75 Å². The normalized spacial score (nSPS) is 10.1. The Kier molecular flexibility index (Phi) is 6.78. The van der Waals surface area contributed by atoms with Crippen LogP contribution in [0.2, 0.25) is 0 Å². The molecule has 152 valence electrons. The number of anilines is 1. The summed E-state index contributed by atoms with van der Waals surface area (Å²) in [4.78, 5) is 35.5. The summed E-state index contributed by atoms with van der Waals surface area (Å²) < 4.78 is 5.49. The lowest BCUT2D eigenvalue weighted by molar-refractivity contribution is -0.118. The molecule has 0 bridgehead atoms. The van der Waals surface area contributed by atoms with Crippen molar-refractivity contribution in [3.63, 3.8) is 0 Å². The van der Waals surface area contributed by atoms with Crippen molar-refractivity contribution in [2.45, 2.75) is 6.54 Å². The predicted molar refractivity (Wildman–Crippen MR) is 113 cm³/mol. The molecule has 0 radical (unpaired) electrons. The van der Waals surface area contributed by atoms with Gasteiger partial charge in [-0.15, -0.1) is 0 Å². The number of carbonyl (C=O) groups excluding carboxylic acids is 3. The van der Waals surface area contributed by atoms with Crippen LogP contribution in [0.15, 0.2) is 78.9 Å². The van der Waals surface area contributed by atoms with Gasteiger partial charge in [0.05, 0.1) is 0 Å². The van der Waals surface area contributed by atoms with Gasteiger partial charge in [-0.3, -0.25) is 14.4 Å². The summed E-state index contributed by atoms with van der Waals surface area (Å²) in [6.45, 7) is 0.189. The molecule has 0 aliphatic rings. The number of amides is 3. The average molecular weight is 403 g/mol. The van der Waals surface area contributed by atoms with Crippen LogP contribution in [0.5, 0.6) is 5.75 Å². The number of carbonyl (C=O) groups is 3. The minimum absolute atomic E-state index is 0.230. The molecular formula is C23H21N3O4. The largest absolute Gasteiger partial charge is 0.484 e. The molecule has 3 rings (SSSR count). The van der Waals surface area contributed by atoms with E-state index in [4.69, 9.17) is 10.5 Å². The monoisotopic (exact) mass is 403 g/mol. The topological polar surface area (TPSA) is 111 Å². The summed E-state index contributed by atoms with van der Waals surface area (Å²) in [5.74, 6) is -0.741. The Labute approximate surface area is 173 Å². The molecule has 3 amide bonds. The van der Waals surface area contributed by atoms with Crippen LogP contribution in [0.25, 0.3) is 0 Å². The van der Waals surface area contributed by atoms with Crippen LogP contribution in [0.4, 0.5) is 5.69 Å². The zero-order valence-corrected chi connectivity index (χ0v) is 16.1. The van der Waals surface area contributed by atoms with Crippen molar-refractivity contribution >= 4 is 23.4 Å². The first-order valence-electron chi connectivity index (χ1n) is 9.26. The molecule has 7 heteroatoms. The van der Waals surface area contributed by atoms with Crippen LogP contribution in [0.3, 0.4) is 0 Å². The Balaban J connectivity index is 1.51. The fraction of sp³-hybridized carbons (Fsp3) is 0.0870. The highest BCUT2D eigenvalue weighted by atomic mass is 16.5. The Hall–Kier alpha value is -4.13. The third kappa shape index (κ3) is 5.93. The van der Waals surface area contributed by atoms with Gasteiger partial charge in [-0.1, -0.05) is 36.4 Å². The highest BCUT2D eigenvalue weighted by molar-refractivity contribution is 5.95. The van der Waals surface area contributed by atoms with Gasteiger partial charge in [0, 0.05) is 23.4 Å². The van der Waals surface area contributed by atoms with Crippen molar-refractivity contribution in [1.82, 2.24) is 5.32 Å². The summed E-state index contributed by atoms with van der Waals surface area (Å²) in [5, 5.41) is 5.50. The molecule has 0 aliphatic carbocycles. The Morgan fingerprint density at radius 2 is 1.57 bits per heavy atom. The third-order valence-electron chi connectivity index (χ3n) is 4.22. The van der Waals surface area contributed by atoms with Gasteiger partial charge in [0.2, 0.25) is 5.91 Å². The minimum atomic E-state index is -0.538. The Bertz CT molecular complexity index is 1030. The van der Waals surface area contributed by atoms with Crippen LogP contribution in [-0.2, 0) is 11.3 Å². The van der Waals surface area contributed by atoms with E-state index in [0.717, 1.165) is 5.56 Å². The van der Waals surface area contributed by atoms with E-state index in [-0.39, 0.29) is 18.4 Å². The molecule has 0 fully saturated rings. The predicted octanol–water partition coefficient (Wildman–Crippen LogP) is 2.73. The molecule has 0 atom stereocenters. The number of hydrogen-bond acceptors (Lipinski definition) is 4. The zero-order chi connectivity index (χ0) is 21.3. The maximum Gasteiger partial charge on any atom is 0.262 e. The summed E-state index contributed by atoms with van der Waals surface area (Å²) >= 11 is 0. The first kappa shape index (κ1) is 20.6. The molecule has 0 saturated heterocycles. The Morgan fingerprint density at radius 3 is 2.27 bits per heavy atom. The molecule has 0 unspecified atom stereocenters. The highest BCUT2D eigenvalue weighted by Crippen LogP contribution is 2.14. The minimum Gasteiger partial charge on any atom is -0.484 e. The molecule has 7 nitrogen and oxygen atoms in total. The summed E-state index contributed by atoms with van der Waals surface area (Å²) in [7, 11) is 0. The molecule has 0 heterocycles. The van der Waals surface area contributed by atoms with Gasteiger partial charge < -0.3 is 21.1 Å². The second-order valence-electron chi connectivity index (χ2n) is 6.47. The van der Waals surface area contributed by atoms with Crippen molar-refractivity contribution in [1.29, 1.82) is 0 Å². The first-order chi connectivity index (χ1) is 14.5. The Morgan fingerprint density at radius 1 is 0.833 bits per heavy atom. The SMILES string of the molecule is NC(=O)c1ccc(NC(=O)COc2cccc(C(=O)NCc3ccccc3)c2)cc1. The lowest BCUT2D eigenvalue weighted by atomic mass is 10.2. The molecule has 0 spiro atoms. The van der Waals surface area contributed by atoms with Crippen molar-refractivity contribution in [2.75, 3.05) is 11.9 Å². The van der Waals surface area contributed by atoms with E-state index in [0.29, 0.717) is 29.1 Å². The number of nitrogens with one attached hydrogen (secondary N) is 2. The van der Waals surface area contributed by atoms with Gasteiger partial charge in [0.15, 0.2) is 6.61 Å². The van der Waals surface area contributed by atoms with Crippen molar-refractivity contribution < 1.29 is 19.1 Å². The quantitative estimate of drug-likeness (QED) is 0.537. The summed E-state index contributed by atoms with van der Waals surface area (Å²) in [5.41, 5.74) is 7.49. The summed E-state index contributed by atoms with van der Waals surface area (Å²) in [6.07, 6.45) is 0. The maximum atomic E-state index is 12.3. The van der Waals surface area contributed by atoms with E-state index >= 15 is 0 Å². The molecule has 0 aliphatic heterocycles. The van der Waals surface area contributed by atoms with Gasteiger partial charge in [-0.05, 0) is 48.0 Å². The van der Waals surface area contributed by atoms with E-state index in [2.05, 4.69) is 10.6 Å². The van der Waals surface area contributed by atoms with Crippen LogP contribution >= 0.6 is 0 Å². The molecule has 4 N–H and O–H groups in total. The average Bonchev–Trinajstić information content (AvgIpc) is 2.77. The van der Waals surface area contributed by atoms with Crippen LogP contribution in [0.1, 0.15) is 26.3 Å². The highest BCUT2D eigenvalue weighted by Gasteiger charge is 2.09. The smallest absolute Gasteiger partial charge is 0.262 e. The van der Waals surface area contributed by atoms with Gasteiger partial charge in [-0.25, -0.2) is 0 Å². The second kappa shape index (κ2) is 9.88. The molecular weight excluding hydrogens is 382 g/mol. The maximum absolute atomic E-state index is 12.3. The lowest BCUT2D eigenvalue weighted by Gasteiger charge is -2.10. The van der Waals surface area contributed by atoms with E-state index in [9.17, 15) is 14.4 Å². The molecule has 0 aromatic heterocycles. The number of ether oxygens (including phenoxy) is 1. The molecule has 30 heavy (non-hydrogen) atoms. The molecule has 0 saturated carbocycles. The number of benzene rings is 3. The van der Waals surface area contributed by atoms with Crippen molar-refractivity contribution in [3.8, 4) is 5.75 Å². The number of nitrogens with two attached hydrogens (primary N) is 1. The van der Waals surface area contributed by atoms with Crippen LogP contribution in [0, 0.1) is 0 Å². The molecule has 3 aromatic carbocycles.